The van der Waals surface area contributed by atoms with E-state index < -0.39 is 0 Å². The van der Waals surface area contributed by atoms with E-state index in [1.807, 2.05) is 11.0 Å². The van der Waals surface area contributed by atoms with Gasteiger partial charge in [-0.25, -0.2) is 0 Å². The van der Waals surface area contributed by atoms with Crippen molar-refractivity contribution in [3.63, 3.8) is 0 Å². The Labute approximate surface area is 143 Å². The van der Waals surface area contributed by atoms with E-state index in [1.165, 1.54) is 0 Å². The molecule has 0 unspecified atom stereocenters. The Morgan fingerprint density at radius 3 is 2.39 bits per heavy atom. The Bertz CT molecular complexity index is 634. The molecular weight excluding hydrogens is 357 g/mol. The number of aromatic hydroxyl groups is 1. The SMILES string of the molecule is CCCCN(CCCC)C(=O)c1n[se]nc1-c1ccccc1O. The van der Waals surface area contributed by atoms with E-state index in [2.05, 4.69) is 21.8 Å². The van der Waals surface area contributed by atoms with E-state index in [9.17, 15) is 9.90 Å². The summed E-state index contributed by atoms with van der Waals surface area (Å²) in [6.45, 7) is 5.73. The number of rotatable bonds is 8. The van der Waals surface area contributed by atoms with Gasteiger partial charge >= 0.3 is 143 Å². The zero-order valence-electron chi connectivity index (χ0n) is 13.7. The van der Waals surface area contributed by atoms with Crippen molar-refractivity contribution in [3.05, 3.63) is 30.0 Å². The Morgan fingerprint density at radius 1 is 1.13 bits per heavy atom. The van der Waals surface area contributed by atoms with E-state index in [0.717, 1.165) is 38.8 Å². The summed E-state index contributed by atoms with van der Waals surface area (Å²) in [6.07, 6.45) is 4.06. The summed E-state index contributed by atoms with van der Waals surface area (Å²) in [5.41, 5.74) is 1.52. The van der Waals surface area contributed by atoms with Crippen molar-refractivity contribution in [2.45, 2.75) is 39.5 Å². The quantitative estimate of drug-likeness (QED) is 0.715. The van der Waals surface area contributed by atoms with E-state index in [1.54, 1.807) is 18.2 Å². The predicted molar refractivity (Wildman–Crippen MR) is 91.8 cm³/mol. The Balaban J connectivity index is 2.28. The van der Waals surface area contributed by atoms with Crippen LogP contribution in [0.4, 0.5) is 0 Å². The molecule has 2 rings (SSSR count). The summed E-state index contributed by atoms with van der Waals surface area (Å²) in [7, 11) is 0. The van der Waals surface area contributed by atoms with Gasteiger partial charge in [0, 0.05) is 0 Å². The summed E-state index contributed by atoms with van der Waals surface area (Å²) >= 11 is -0.316. The first kappa shape index (κ1) is 17.7. The normalized spacial score (nSPS) is 10.7. The minimum atomic E-state index is -0.316. The summed E-state index contributed by atoms with van der Waals surface area (Å²) in [4.78, 5) is 14.8. The molecule has 23 heavy (non-hydrogen) atoms. The molecule has 1 N–H and O–H groups in total. The van der Waals surface area contributed by atoms with Gasteiger partial charge in [0.25, 0.3) is 0 Å². The predicted octanol–water partition coefficient (Wildman–Crippen LogP) is 2.95. The first-order valence-electron chi connectivity index (χ1n) is 8.09. The topological polar surface area (TPSA) is 66.3 Å². The van der Waals surface area contributed by atoms with E-state index in [4.69, 9.17) is 0 Å². The van der Waals surface area contributed by atoms with Crippen LogP contribution in [0, 0.1) is 0 Å². The zero-order valence-corrected chi connectivity index (χ0v) is 15.4. The van der Waals surface area contributed by atoms with Crippen LogP contribution in [0.2, 0.25) is 0 Å². The van der Waals surface area contributed by atoms with Crippen molar-refractivity contribution in [2.24, 2.45) is 0 Å². The van der Waals surface area contributed by atoms with Gasteiger partial charge in [-0.1, -0.05) is 0 Å². The number of nitrogens with zero attached hydrogens (tertiary/aromatic N) is 3. The fraction of sp³-hybridized carbons (Fsp3) is 0.471. The molecule has 0 saturated heterocycles. The van der Waals surface area contributed by atoms with Gasteiger partial charge in [0.05, 0.1) is 0 Å². The molecule has 1 amide bonds. The number of aromatic nitrogens is 2. The standard InChI is InChI=1S/C17H23N3O2Se/c1-3-5-11-20(12-6-4-2)17(22)16-15(18-23-19-16)13-9-7-8-10-14(13)21/h7-10,21H,3-6,11-12H2,1-2H3. The van der Waals surface area contributed by atoms with Crippen LogP contribution in [0.3, 0.4) is 0 Å². The number of phenolic OH excluding ortho intramolecular Hbond substituents is 1. The third-order valence-electron chi connectivity index (χ3n) is 3.70. The van der Waals surface area contributed by atoms with Crippen molar-refractivity contribution >= 4 is 20.9 Å². The average Bonchev–Trinajstić information content (AvgIpc) is 3.04. The van der Waals surface area contributed by atoms with Crippen LogP contribution in [0.1, 0.15) is 50.0 Å². The number of carbonyl (C=O) groups is 1. The molecule has 5 nitrogen and oxygen atoms in total. The Kier molecular flexibility index (Phi) is 6.81. The third-order valence-corrected chi connectivity index (χ3v) is 4.81. The average molecular weight is 380 g/mol. The number of carbonyl (C=O) groups excluding carboxylic acids is 1. The minimum absolute atomic E-state index is 0.0618. The van der Waals surface area contributed by atoms with Gasteiger partial charge in [-0.2, -0.15) is 0 Å². The van der Waals surface area contributed by atoms with Gasteiger partial charge in [0.15, 0.2) is 0 Å². The number of para-hydroxylation sites is 1. The van der Waals surface area contributed by atoms with Gasteiger partial charge < -0.3 is 0 Å². The molecule has 0 radical (unpaired) electrons. The maximum absolute atomic E-state index is 12.9. The van der Waals surface area contributed by atoms with Crippen molar-refractivity contribution in [3.8, 4) is 17.0 Å². The van der Waals surface area contributed by atoms with E-state index in [-0.39, 0.29) is 26.6 Å². The number of hydrogen-bond donors (Lipinski definition) is 1. The summed E-state index contributed by atoms with van der Waals surface area (Å²) in [5, 5.41) is 10.0. The molecule has 6 heteroatoms. The first-order valence-corrected chi connectivity index (χ1v) is 9.62. The molecule has 0 aliphatic heterocycles. The van der Waals surface area contributed by atoms with Crippen molar-refractivity contribution in [1.29, 1.82) is 0 Å². The number of amides is 1. The van der Waals surface area contributed by atoms with E-state index in [0.29, 0.717) is 17.0 Å². The summed E-state index contributed by atoms with van der Waals surface area (Å²) in [6, 6.07) is 6.97. The molecule has 124 valence electrons. The van der Waals surface area contributed by atoms with Crippen molar-refractivity contribution in [1.82, 2.24) is 12.9 Å². The molecule has 0 bridgehead atoms. The second-order valence-corrected chi connectivity index (χ2v) is 6.59. The van der Waals surface area contributed by atoms with Gasteiger partial charge in [-0.15, -0.1) is 0 Å². The molecule has 0 aliphatic rings. The Morgan fingerprint density at radius 2 is 1.78 bits per heavy atom. The second-order valence-electron chi connectivity index (χ2n) is 5.48. The van der Waals surface area contributed by atoms with Crippen LogP contribution in [-0.4, -0.2) is 51.9 Å². The van der Waals surface area contributed by atoms with Crippen LogP contribution in [0.5, 0.6) is 5.75 Å². The second kappa shape index (κ2) is 8.84. The summed E-state index contributed by atoms with van der Waals surface area (Å²) in [5.74, 6) is 0.0754. The van der Waals surface area contributed by atoms with E-state index >= 15 is 0 Å². The first-order chi connectivity index (χ1) is 11.2. The third kappa shape index (κ3) is 4.43. The maximum atomic E-state index is 12.9. The van der Waals surface area contributed by atoms with Crippen LogP contribution in [0.15, 0.2) is 24.3 Å². The zero-order chi connectivity index (χ0) is 16.7. The van der Waals surface area contributed by atoms with Crippen LogP contribution in [-0.2, 0) is 0 Å². The number of phenols is 1. The van der Waals surface area contributed by atoms with Crippen molar-refractivity contribution in [2.75, 3.05) is 13.1 Å². The molecule has 0 aliphatic carbocycles. The molecule has 0 saturated carbocycles. The monoisotopic (exact) mass is 381 g/mol. The van der Waals surface area contributed by atoms with Gasteiger partial charge in [-0.3, -0.25) is 0 Å². The van der Waals surface area contributed by atoms with Crippen LogP contribution >= 0.6 is 0 Å². The molecule has 1 aromatic carbocycles. The molecule has 1 aromatic heterocycles. The number of benzene rings is 1. The van der Waals surface area contributed by atoms with Crippen LogP contribution in [0.25, 0.3) is 11.3 Å². The fourth-order valence-electron chi connectivity index (χ4n) is 2.34. The summed E-state index contributed by atoms with van der Waals surface area (Å²) < 4.78 is 8.72. The van der Waals surface area contributed by atoms with Gasteiger partial charge in [0.1, 0.15) is 0 Å². The molecule has 1 heterocycles. The van der Waals surface area contributed by atoms with Crippen LogP contribution < -0.4 is 0 Å². The Hall–Kier alpha value is -1.65. The molecule has 0 fully saturated rings. The molecule has 0 spiro atoms. The van der Waals surface area contributed by atoms with Gasteiger partial charge in [0.2, 0.25) is 0 Å². The molecule has 0 atom stereocenters. The van der Waals surface area contributed by atoms with Gasteiger partial charge in [-0.05, 0) is 0 Å². The van der Waals surface area contributed by atoms with Crippen molar-refractivity contribution < 1.29 is 9.90 Å². The number of hydrogen-bond acceptors (Lipinski definition) is 4. The molecular formula is C17H23N3O2Se. The molecule has 2 aromatic rings. The number of unbranched alkanes of at least 4 members (excludes halogenated alkanes) is 2. The fourth-order valence-corrected chi connectivity index (χ4v) is 3.50.